The van der Waals surface area contributed by atoms with Crippen molar-refractivity contribution in [3.63, 3.8) is 0 Å². The third-order valence-electron chi connectivity index (χ3n) is 4.05. The second-order valence-corrected chi connectivity index (χ2v) is 6.34. The lowest BCUT2D eigenvalue weighted by molar-refractivity contribution is -0.384. The zero-order chi connectivity index (χ0) is 21.0. The number of carbonyl (C=O) groups is 2. The monoisotopic (exact) mass is 401 g/mol. The molecule has 0 unspecified atom stereocenters. The highest BCUT2D eigenvalue weighted by atomic mass is 16.6. The van der Waals surface area contributed by atoms with E-state index in [1.165, 1.54) is 12.1 Å². The Labute approximate surface area is 166 Å². The molecule has 0 bridgehead atoms. The van der Waals surface area contributed by atoms with Gasteiger partial charge in [0, 0.05) is 38.0 Å². The smallest absolute Gasteiger partial charge is 0.341 e. The molecule has 0 aromatic heterocycles. The number of benzene rings is 2. The van der Waals surface area contributed by atoms with Gasteiger partial charge in [-0.3, -0.25) is 14.9 Å². The van der Waals surface area contributed by atoms with Crippen LogP contribution < -0.4 is 19.7 Å². The Balaban J connectivity index is 1.65. The van der Waals surface area contributed by atoms with Gasteiger partial charge in [0.25, 0.3) is 11.6 Å². The molecule has 1 heterocycles. The molecule has 0 radical (unpaired) electrons. The van der Waals surface area contributed by atoms with E-state index in [1.807, 2.05) is 0 Å². The summed E-state index contributed by atoms with van der Waals surface area (Å²) in [4.78, 5) is 36.5. The molecular weight excluding hydrogens is 382 g/mol. The summed E-state index contributed by atoms with van der Waals surface area (Å²) in [7, 11) is 3.37. The molecule has 0 atom stereocenters. The van der Waals surface area contributed by atoms with Crippen LogP contribution in [0.1, 0.15) is 10.4 Å². The number of nitro benzene ring substituents is 1. The lowest BCUT2D eigenvalue weighted by atomic mass is 10.1. The molecule has 2 aromatic carbocycles. The minimum atomic E-state index is -0.838. The summed E-state index contributed by atoms with van der Waals surface area (Å²) >= 11 is 0. The van der Waals surface area contributed by atoms with Gasteiger partial charge in [0.15, 0.2) is 18.1 Å². The second kappa shape index (κ2) is 8.46. The molecule has 10 heteroatoms. The van der Waals surface area contributed by atoms with Gasteiger partial charge >= 0.3 is 5.97 Å². The molecule has 29 heavy (non-hydrogen) atoms. The molecule has 0 saturated carbocycles. The zero-order valence-corrected chi connectivity index (χ0v) is 15.8. The molecule has 1 amide bonds. The van der Waals surface area contributed by atoms with Gasteiger partial charge in [0.05, 0.1) is 16.2 Å². The van der Waals surface area contributed by atoms with Crippen molar-refractivity contribution in [2.45, 2.75) is 0 Å². The summed E-state index contributed by atoms with van der Waals surface area (Å²) in [6.07, 6.45) is 0. The van der Waals surface area contributed by atoms with Crippen LogP contribution in [0, 0.1) is 10.1 Å². The zero-order valence-electron chi connectivity index (χ0n) is 15.8. The number of hydrogen-bond acceptors (Lipinski definition) is 8. The van der Waals surface area contributed by atoms with E-state index in [-0.39, 0.29) is 11.3 Å². The number of nitrogens with one attached hydrogen (secondary N) is 1. The number of hydrogen-bond donors (Lipinski definition) is 1. The van der Waals surface area contributed by atoms with Gasteiger partial charge in [0.1, 0.15) is 13.2 Å². The van der Waals surface area contributed by atoms with Crippen LogP contribution >= 0.6 is 0 Å². The Morgan fingerprint density at radius 3 is 2.55 bits per heavy atom. The average molecular weight is 401 g/mol. The molecule has 0 fully saturated rings. The topological polar surface area (TPSA) is 120 Å². The maximum atomic E-state index is 12.4. The van der Waals surface area contributed by atoms with Gasteiger partial charge in [-0.1, -0.05) is 0 Å². The van der Waals surface area contributed by atoms with Crippen molar-refractivity contribution in [2.75, 3.05) is 44.1 Å². The second-order valence-electron chi connectivity index (χ2n) is 6.34. The van der Waals surface area contributed by atoms with E-state index >= 15 is 0 Å². The van der Waals surface area contributed by atoms with Crippen molar-refractivity contribution in [1.82, 2.24) is 0 Å². The summed E-state index contributed by atoms with van der Waals surface area (Å²) in [6.45, 7) is 0.323. The highest BCUT2D eigenvalue weighted by Crippen LogP contribution is 2.32. The van der Waals surface area contributed by atoms with E-state index in [9.17, 15) is 19.7 Å². The SMILES string of the molecule is CN(C)c1ccc([N+](=O)[O-])cc1C(=O)OCC(=O)Nc1ccc2c(c1)OCCO2. The first kappa shape index (κ1) is 19.9. The number of ether oxygens (including phenoxy) is 3. The fraction of sp³-hybridized carbons (Fsp3) is 0.263. The predicted molar refractivity (Wildman–Crippen MR) is 104 cm³/mol. The molecule has 1 aliphatic heterocycles. The number of fused-ring (bicyclic) bond motifs is 1. The Hall–Kier alpha value is -3.82. The van der Waals surface area contributed by atoms with Crippen LogP contribution in [0.3, 0.4) is 0 Å². The number of nitro groups is 1. The lowest BCUT2D eigenvalue weighted by Crippen LogP contribution is -2.22. The van der Waals surface area contributed by atoms with Gasteiger partial charge in [-0.25, -0.2) is 4.79 Å². The van der Waals surface area contributed by atoms with E-state index < -0.39 is 23.4 Å². The summed E-state index contributed by atoms with van der Waals surface area (Å²) in [5.74, 6) is -0.303. The lowest BCUT2D eigenvalue weighted by Gasteiger charge is -2.19. The third kappa shape index (κ3) is 4.72. The maximum Gasteiger partial charge on any atom is 0.341 e. The van der Waals surface area contributed by atoms with Gasteiger partial charge in [0.2, 0.25) is 0 Å². The molecule has 0 saturated heterocycles. The fourth-order valence-electron chi connectivity index (χ4n) is 2.72. The largest absolute Gasteiger partial charge is 0.486 e. The van der Waals surface area contributed by atoms with Crippen molar-refractivity contribution in [3.05, 3.63) is 52.1 Å². The Morgan fingerprint density at radius 1 is 1.14 bits per heavy atom. The van der Waals surface area contributed by atoms with E-state index in [2.05, 4.69) is 5.32 Å². The number of rotatable bonds is 6. The highest BCUT2D eigenvalue weighted by molar-refractivity contribution is 5.99. The Kier molecular flexibility index (Phi) is 5.82. The summed E-state index contributed by atoms with van der Waals surface area (Å²) in [5, 5.41) is 13.6. The van der Waals surface area contributed by atoms with Gasteiger partial charge < -0.3 is 24.4 Å². The van der Waals surface area contributed by atoms with Crippen molar-refractivity contribution in [2.24, 2.45) is 0 Å². The maximum absolute atomic E-state index is 12.4. The quantitative estimate of drug-likeness (QED) is 0.444. The Morgan fingerprint density at radius 2 is 1.86 bits per heavy atom. The van der Waals surface area contributed by atoms with Crippen LogP contribution in [0.15, 0.2) is 36.4 Å². The highest BCUT2D eigenvalue weighted by Gasteiger charge is 2.20. The summed E-state index contributed by atoms with van der Waals surface area (Å²) in [6, 6.07) is 8.78. The van der Waals surface area contributed by atoms with Crippen molar-refractivity contribution in [3.8, 4) is 11.5 Å². The van der Waals surface area contributed by atoms with Gasteiger partial charge in [-0.2, -0.15) is 0 Å². The molecule has 3 rings (SSSR count). The first-order valence-corrected chi connectivity index (χ1v) is 8.67. The van der Waals surface area contributed by atoms with Crippen LogP contribution in [0.25, 0.3) is 0 Å². The standard InChI is InChI=1S/C19H19N3O7/c1-21(2)15-5-4-13(22(25)26)10-14(15)19(24)29-11-18(23)20-12-3-6-16-17(9-12)28-8-7-27-16/h3-6,9-10H,7-8,11H2,1-2H3,(H,20,23). The van der Waals surface area contributed by atoms with Crippen LogP contribution in [-0.4, -0.2) is 50.7 Å². The number of carbonyl (C=O) groups excluding carboxylic acids is 2. The van der Waals surface area contributed by atoms with Gasteiger partial charge in [-0.15, -0.1) is 0 Å². The Bertz CT molecular complexity index is 959. The molecule has 1 aliphatic rings. The number of non-ortho nitro benzene ring substituents is 1. The first-order chi connectivity index (χ1) is 13.8. The third-order valence-corrected chi connectivity index (χ3v) is 4.05. The van der Waals surface area contributed by atoms with Crippen molar-refractivity contribution in [1.29, 1.82) is 0 Å². The van der Waals surface area contributed by atoms with Crippen molar-refractivity contribution >= 4 is 28.9 Å². The van der Waals surface area contributed by atoms with E-state index in [1.54, 1.807) is 37.2 Å². The molecule has 10 nitrogen and oxygen atoms in total. The molecule has 152 valence electrons. The fourth-order valence-corrected chi connectivity index (χ4v) is 2.72. The summed E-state index contributed by atoms with van der Waals surface area (Å²) in [5.41, 5.74) is 0.645. The molecular formula is C19H19N3O7. The first-order valence-electron chi connectivity index (χ1n) is 8.67. The number of amides is 1. The van der Waals surface area contributed by atoms with Gasteiger partial charge in [-0.05, 0) is 18.2 Å². The molecule has 0 spiro atoms. The van der Waals surface area contributed by atoms with E-state index in [0.717, 1.165) is 6.07 Å². The van der Waals surface area contributed by atoms with Crippen LogP contribution in [0.5, 0.6) is 11.5 Å². The number of nitrogens with zero attached hydrogens (tertiary/aromatic N) is 2. The normalized spacial score (nSPS) is 12.1. The average Bonchev–Trinajstić information content (AvgIpc) is 2.71. The minimum absolute atomic E-state index is 0.00340. The number of anilines is 2. The van der Waals surface area contributed by atoms with Crippen LogP contribution in [0.2, 0.25) is 0 Å². The summed E-state index contributed by atoms with van der Waals surface area (Å²) < 4.78 is 15.9. The van der Waals surface area contributed by atoms with Crippen LogP contribution in [-0.2, 0) is 9.53 Å². The van der Waals surface area contributed by atoms with E-state index in [0.29, 0.717) is 36.1 Å². The van der Waals surface area contributed by atoms with Crippen molar-refractivity contribution < 1.29 is 28.7 Å². The number of esters is 1. The molecule has 0 aliphatic carbocycles. The predicted octanol–water partition coefficient (Wildman–Crippen LogP) is 2.23. The molecule has 1 N–H and O–H groups in total. The minimum Gasteiger partial charge on any atom is -0.486 e. The van der Waals surface area contributed by atoms with E-state index in [4.69, 9.17) is 14.2 Å². The van der Waals surface area contributed by atoms with Crippen LogP contribution in [0.4, 0.5) is 17.1 Å². The molecule has 2 aromatic rings.